The van der Waals surface area contributed by atoms with Crippen LogP contribution < -0.4 is 9.80 Å². The third kappa shape index (κ3) is 3.57. The molecule has 8 aromatic rings. The number of hydrogen-bond acceptors (Lipinski definition) is 6. The minimum Gasteiger partial charge on any atom is -0.448 e. The summed E-state index contributed by atoms with van der Waals surface area (Å²) in [6.07, 6.45) is 6.74. The first-order chi connectivity index (χ1) is 20.2. The Hall–Kier alpha value is -5.36. The van der Waals surface area contributed by atoms with Crippen molar-refractivity contribution in [3.63, 3.8) is 0 Å². The summed E-state index contributed by atoms with van der Waals surface area (Å²) in [4.78, 5) is 4.07. The predicted molar refractivity (Wildman–Crippen MR) is 163 cm³/mol. The van der Waals surface area contributed by atoms with Gasteiger partial charge in [-0.05, 0) is 69.4 Å². The first-order valence-corrected chi connectivity index (χ1v) is 13.7. The molecule has 0 unspecified atom stereocenters. The summed E-state index contributed by atoms with van der Waals surface area (Å²) in [5.41, 5.74) is 3.23. The molecule has 0 atom stereocenters. The van der Waals surface area contributed by atoms with Crippen molar-refractivity contribution < 1.29 is 17.7 Å². The number of furan rings is 4. The molecule has 0 aliphatic carbocycles. The lowest BCUT2D eigenvalue weighted by molar-refractivity contribution is 0.539. The van der Waals surface area contributed by atoms with Crippen LogP contribution in [0.5, 0.6) is 0 Å². The second kappa shape index (κ2) is 9.10. The monoisotopic (exact) mass is 538 g/mol. The molecular weight excluding hydrogens is 512 g/mol. The van der Waals surface area contributed by atoms with E-state index in [1.54, 1.807) is 25.1 Å². The van der Waals surface area contributed by atoms with Crippen molar-refractivity contribution in [3.05, 3.63) is 122 Å². The molecule has 0 N–H and O–H groups in total. The van der Waals surface area contributed by atoms with Crippen molar-refractivity contribution in [3.8, 4) is 0 Å². The second-order valence-electron chi connectivity index (χ2n) is 10.4. The van der Waals surface area contributed by atoms with E-state index in [1.165, 1.54) is 21.7 Å². The topological polar surface area (TPSA) is 59.0 Å². The fourth-order valence-electron chi connectivity index (χ4n) is 6.03. The lowest BCUT2D eigenvalue weighted by Crippen LogP contribution is -2.11. The molecule has 0 spiro atoms. The third-order valence-electron chi connectivity index (χ3n) is 7.78. The highest BCUT2D eigenvalue weighted by atomic mass is 16.4. The molecule has 0 aliphatic rings. The molecular formula is C35H26N2O4. The highest BCUT2D eigenvalue weighted by Gasteiger charge is 2.26. The summed E-state index contributed by atoms with van der Waals surface area (Å²) >= 11 is 0. The average Bonchev–Trinajstić information content (AvgIpc) is 3.82. The fraction of sp³-hybridized carbons (Fsp3) is 0.0857. The van der Waals surface area contributed by atoms with Crippen LogP contribution in [-0.2, 0) is 0 Å². The molecule has 4 aromatic carbocycles. The molecule has 4 heterocycles. The van der Waals surface area contributed by atoms with Crippen LogP contribution in [0.3, 0.4) is 0 Å². The van der Waals surface area contributed by atoms with Crippen LogP contribution in [0.15, 0.2) is 134 Å². The molecule has 200 valence electrons. The van der Waals surface area contributed by atoms with Crippen LogP contribution in [0.25, 0.3) is 32.3 Å². The number of nitrogens with zero attached hydrogens (tertiary/aromatic N) is 2. The van der Waals surface area contributed by atoms with Crippen LogP contribution in [0.1, 0.15) is 25.3 Å². The average molecular weight is 539 g/mol. The first-order valence-electron chi connectivity index (χ1n) is 13.7. The van der Waals surface area contributed by atoms with Gasteiger partial charge in [0.2, 0.25) is 23.5 Å². The summed E-state index contributed by atoms with van der Waals surface area (Å²) in [6, 6.07) is 30.8. The Morgan fingerprint density at radius 2 is 0.951 bits per heavy atom. The van der Waals surface area contributed by atoms with Gasteiger partial charge >= 0.3 is 0 Å². The standard InChI is InChI=1S/C35H26N2O4/c1-22(2)27-21-29(37(32-9-5-19-40-32)33-10-6-20-41-33)26-13-11-23-12-16-28(25-15-14-24(27)35(26)34(23)25)36(30-7-3-17-38-30)31-8-4-18-39-31/h3-22H,1-2H3. The van der Waals surface area contributed by atoms with Gasteiger partial charge in [-0.1, -0.05) is 44.2 Å². The normalized spacial score (nSPS) is 11.9. The Morgan fingerprint density at radius 3 is 1.46 bits per heavy atom. The lowest BCUT2D eigenvalue weighted by Gasteiger charge is -2.26. The Kier molecular flexibility index (Phi) is 5.22. The second-order valence-corrected chi connectivity index (χ2v) is 10.4. The quantitative estimate of drug-likeness (QED) is 0.188. The maximum Gasteiger partial charge on any atom is 0.206 e. The van der Waals surface area contributed by atoms with Gasteiger partial charge in [-0.3, -0.25) is 4.90 Å². The number of benzene rings is 4. The highest BCUT2D eigenvalue weighted by Crippen LogP contribution is 2.49. The van der Waals surface area contributed by atoms with Gasteiger partial charge < -0.3 is 17.7 Å². The van der Waals surface area contributed by atoms with E-state index in [0.717, 1.165) is 27.5 Å². The van der Waals surface area contributed by atoms with Gasteiger partial charge in [0.15, 0.2) is 0 Å². The van der Waals surface area contributed by atoms with Crippen LogP contribution >= 0.6 is 0 Å². The van der Waals surface area contributed by atoms with Crippen molar-refractivity contribution >= 4 is 67.2 Å². The van der Waals surface area contributed by atoms with E-state index in [9.17, 15) is 0 Å². The number of hydrogen-bond donors (Lipinski definition) is 0. The van der Waals surface area contributed by atoms with Gasteiger partial charge in [-0.2, -0.15) is 0 Å². The Morgan fingerprint density at radius 1 is 0.488 bits per heavy atom. The maximum atomic E-state index is 5.94. The largest absolute Gasteiger partial charge is 0.448 e. The van der Waals surface area contributed by atoms with Gasteiger partial charge in [0, 0.05) is 35.0 Å². The van der Waals surface area contributed by atoms with E-state index in [1.807, 2.05) is 53.4 Å². The molecule has 6 heteroatoms. The smallest absolute Gasteiger partial charge is 0.206 e. The van der Waals surface area contributed by atoms with Gasteiger partial charge in [-0.15, -0.1) is 0 Å². The van der Waals surface area contributed by atoms with Gasteiger partial charge in [0.05, 0.1) is 36.4 Å². The summed E-state index contributed by atoms with van der Waals surface area (Å²) in [7, 11) is 0. The molecule has 0 saturated heterocycles. The third-order valence-corrected chi connectivity index (χ3v) is 7.78. The summed E-state index contributed by atoms with van der Waals surface area (Å²) in [5.74, 6) is 3.02. The molecule has 0 radical (unpaired) electrons. The molecule has 6 nitrogen and oxygen atoms in total. The van der Waals surface area contributed by atoms with Crippen LogP contribution in [0.4, 0.5) is 34.9 Å². The molecule has 0 aliphatic heterocycles. The zero-order valence-electron chi connectivity index (χ0n) is 22.6. The zero-order valence-corrected chi connectivity index (χ0v) is 22.6. The fourth-order valence-corrected chi connectivity index (χ4v) is 6.03. The summed E-state index contributed by atoms with van der Waals surface area (Å²) < 4.78 is 23.6. The van der Waals surface area contributed by atoms with Crippen molar-refractivity contribution in [2.45, 2.75) is 19.8 Å². The van der Waals surface area contributed by atoms with Crippen molar-refractivity contribution in [1.29, 1.82) is 0 Å². The van der Waals surface area contributed by atoms with E-state index in [4.69, 9.17) is 17.7 Å². The summed E-state index contributed by atoms with van der Waals surface area (Å²) in [6.45, 7) is 4.47. The number of rotatable bonds is 7. The molecule has 41 heavy (non-hydrogen) atoms. The zero-order chi connectivity index (χ0) is 27.5. The van der Waals surface area contributed by atoms with Gasteiger partial charge in [-0.25, -0.2) is 4.90 Å². The minimum absolute atomic E-state index is 0.288. The predicted octanol–water partition coefficient (Wildman–Crippen LogP) is 11.0. The summed E-state index contributed by atoms with van der Waals surface area (Å²) in [5, 5.41) is 6.98. The van der Waals surface area contributed by atoms with E-state index in [2.05, 4.69) is 61.2 Å². The van der Waals surface area contributed by atoms with Crippen molar-refractivity contribution in [2.24, 2.45) is 0 Å². The van der Waals surface area contributed by atoms with Crippen LogP contribution in [0, 0.1) is 0 Å². The molecule has 4 aromatic heterocycles. The van der Waals surface area contributed by atoms with Crippen LogP contribution in [0.2, 0.25) is 0 Å². The van der Waals surface area contributed by atoms with E-state index in [-0.39, 0.29) is 5.92 Å². The van der Waals surface area contributed by atoms with E-state index >= 15 is 0 Å². The molecule has 0 amide bonds. The van der Waals surface area contributed by atoms with Gasteiger partial charge in [0.25, 0.3) is 0 Å². The van der Waals surface area contributed by atoms with Crippen molar-refractivity contribution in [2.75, 3.05) is 9.80 Å². The van der Waals surface area contributed by atoms with Crippen LogP contribution in [-0.4, -0.2) is 0 Å². The number of anilines is 6. The van der Waals surface area contributed by atoms with E-state index in [0.29, 0.717) is 23.5 Å². The molecule has 0 saturated carbocycles. The molecule has 0 fully saturated rings. The first kappa shape index (κ1) is 23.5. The maximum absolute atomic E-state index is 5.94. The van der Waals surface area contributed by atoms with E-state index < -0.39 is 0 Å². The van der Waals surface area contributed by atoms with Crippen molar-refractivity contribution in [1.82, 2.24) is 0 Å². The SMILES string of the molecule is CC(C)c1cc(N(c2ccco2)c2ccco2)c2ccc3ccc(N(c4ccco4)c4ccco4)c4ccc1c2c34. The Balaban J connectivity index is 1.48. The molecule has 8 rings (SSSR count). The minimum atomic E-state index is 0.288. The molecule has 0 bridgehead atoms. The Labute approximate surface area is 235 Å². The Bertz CT molecular complexity index is 2000. The lowest BCUT2D eigenvalue weighted by atomic mass is 9.87. The highest BCUT2D eigenvalue weighted by molar-refractivity contribution is 6.28. The van der Waals surface area contributed by atoms with Gasteiger partial charge in [0.1, 0.15) is 0 Å².